The van der Waals surface area contributed by atoms with Crippen LogP contribution in [0.25, 0.3) is 11.3 Å². The van der Waals surface area contributed by atoms with Gasteiger partial charge in [-0.3, -0.25) is 9.59 Å². The quantitative estimate of drug-likeness (QED) is 0.704. The van der Waals surface area contributed by atoms with Gasteiger partial charge in [-0.1, -0.05) is 60.7 Å². The van der Waals surface area contributed by atoms with E-state index < -0.39 is 0 Å². The number of likely N-dealkylation sites (tertiary alicyclic amines) is 1. The predicted molar refractivity (Wildman–Crippen MR) is 104 cm³/mol. The van der Waals surface area contributed by atoms with E-state index in [1.165, 1.54) is 4.68 Å². The van der Waals surface area contributed by atoms with Crippen LogP contribution in [-0.4, -0.2) is 33.7 Å². The van der Waals surface area contributed by atoms with Crippen LogP contribution < -0.4 is 5.56 Å². The zero-order chi connectivity index (χ0) is 18.6. The number of hydrogen-bond acceptors (Lipinski definition) is 3. The molecule has 0 spiro atoms. The van der Waals surface area contributed by atoms with E-state index in [0.29, 0.717) is 19.5 Å². The summed E-state index contributed by atoms with van der Waals surface area (Å²) in [6.07, 6.45) is 1.23. The van der Waals surface area contributed by atoms with Crippen LogP contribution in [0.15, 0.2) is 77.6 Å². The molecule has 2 aromatic carbocycles. The van der Waals surface area contributed by atoms with E-state index in [0.717, 1.165) is 23.2 Å². The second-order valence-electron chi connectivity index (χ2n) is 6.81. The molecule has 2 heterocycles. The molecule has 0 bridgehead atoms. The molecule has 1 aliphatic rings. The third-order valence-electron chi connectivity index (χ3n) is 4.93. The van der Waals surface area contributed by atoms with Gasteiger partial charge in [0.1, 0.15) is 0 Å². The summed E-state index contributed by atoms with van der Waals surface area (Å²) in [6.45, 7) is 1.08. The molecule has 27 heavy (non-hydrogen) atoms. The predicted octanol–water partition coefficient (Wildman–Crippen LogP) is 2.93. The first-order valence-corrected chi connectivity index (χ1v) is 9.18. The Morgan fingerprint density at radius 3 is 2.30 bits per heavy atom. The molecule has 0 radical (unpaired) electrons. The highest BCUT2D eigenvalue weighted by atomic mass is 16.2. The fourth-order valence-corrected chi connectivity index (χ4v) is 3.32. The third-order valence-corrected chi connectivity index (χ3v) is 4.93. The van der Waals surface area contributed by atoms with Crippen molar-refractivity contribution in [2.45, 2.75) is 18.9 Å². The fraction of sp³-hybridized carbons (Fsp3) is 0.227. The standard InChI is InChI=1S/C22H21N3O2/c26-21(13-11-17-7-3-1-4-8-17)24-15-19(16-24)25-22(27)14-12-20(23-25)18-9-5-2-6-10-18/h1-10,12,14,19H,11,13,15-16H2. The summed E-state index contributed by atoms with van der Waals surface area (Å²) in [5.74, 6) is 0.127. The molecule has 4 rings (SSSR count). The molecule has 1 saturated heterocycles. The van der Waals surface area contributed by atoms with E-state index in [4.69, 9.17) is 0 Å². The number of aromatic nitrogens is 2. The van der Waals surface area contributed by atoms with E-state index in [-0.39, 0.29) is 17.5 Å². The van der Waals surface area contributed by atoms with Crippen LogP contribution in [0.5, 0.6) is 0 Å². The zero-order valence-electron chi connectivity index (χ0n) is 15.0. The number of carbonyl (C=O) groups excluding carboxylic acids is 1. The maximum absolute atomic E-state index is 12.4. The number of benzene rings is 2. The zero-order valence-corrected chi connectivity index (χ0v) is 15.0. The van der Waals surface area contributed by atoms with E-state index in [2.05, 4.69) is 5.10 Å². The second kappa shape index (κ2) is 7.58. The molecule has 136 valence electrons. The maximum Gasteiger partial charge on any atom is 0.267 e. The highest BCUT2D eigenvalue weighted by molar-refractivity contribution is 5.77. The molecular formula is C22H21N3O2. The number of rotatable bonds is 5. The SMILES string of the molecule is O=C(CCc1ccccc1)N1CC(n2nc(-c3ccccc3)ccc2=O)C1. The lowest BCUT2D eigenvalue weighted by molar-refractivity contribution is -0.137. The Morgan fingerprint density at radius 1 is 0.926 bits per heavy atom. The molecule has 0 unspecified atom stereocenters. The van der Waals surface area contributed by atoms with E-state index in [1.54, 1.807) is 17.0 Å². The molecule has 5 heteroatoms. The molecular weight excluding hydrogens is 338 g/mol. The van der Waals surface area contributed by atoms with Gasteiger partial charge in [0.25, 0.3) is 5.56 Å². The van der Waals surface area contributed by atoms with Gasteiger partial charge < -0.3 is 4.90 Å². The van der Waals surface area contributed by atoms with Crippen molar-refractivity contribution in [3.05, 3.63) is 88.7 Å². The molecule has 0 N–H and O–H groups in total. The van der Waals surface area contributed by atoms with Gasteiger partial charge in [0.2, 0.25) is 5.91 Å². The topological polar surface area (TPSA) is 55.2 Å². The fourth-order valence-electron chi connectivity index (χ4n) is 3.32. The molecule has 1 aromatic heterocycles. The van der Waals surface area contributed by atoms with Gasteiger partial charge in [0, 0.05) is 31.1 Å². The minimum atomic E-state index is -0.129. The number of nitrogens with zero attached hydrogens (tertiary/aromatic N) is 3. The Hall–Kier alpha value is -3.21. The number of aryl methyl sites for hydroxylation is 1. The normalized spacial score (nSPS) is 14.0. The summed E-state index contributed by atoms with van der Waals surface area (Å²) >= 11 is 0. The highest BCUT2D eigenvalue weighted by Gasteiger charge is 2.32. The lowest BCUT2D eigenvalue weighted by Gasteiger charge is -2.39. The van der Waals surface area contributed by atoms with Crippen molar-refractivity contribution in [1.82, 2.24) is 14.7 Å². The molecule has 5 nitrogen and oxygen atoms in total. The summed E-state index contributed by atoms with van der Waals surface area (Å²) in [7, 11) is 0. The average Bonchev–Trinajstić information content (AvgIpc) is 2.68. The van der Waals surface area contributed by atoms with E-state index in [1.807, 2.05) is 60.7 Å². The first kappa shape index (κ1) is 17.2. The average molecular weight is 359 g/mol. The van der Waals surface area contributed by atoms with Crippen LogP contribution in [0.2, 0.25) is 0 Å². The minimum Gasteiger partial charge on any atom is -0.338 e. The van der Waals surface area contributed by atoms with Crippen LogP contribution in [0.3, 0.4) is 0 Å². The molecule has 0 aliphatic carbocycles. The Labute approximate surface area is 157 Å². The Bertz CT molecular complexity index is 977. The van der Waals surface area contributed by atoms with Gasteiger partial charge in [-0.15, -0.1) is 0 Å². The van der Waals surface area contributed by atoms with Gasteiger partial charge in [-0.2, -0.15) is 5.10 Å². The number of amides is 1. The van der Waals surface area contributed by atoms with Crippen LogP contribution in [0.4, 0.5) is 0 Å². The van der Waals surface area contributed by atoms with Crippen molar-refractivity contribution in [2.75, 3.05) is 13.1 Å². The largest absolute Gasteiger partial charge is 0.338 e. The molecule has 0 atom stereocenters. The van der Waals surface area contributed by atoms with Crippen LogP contribution >= 0.6 is 0 Å². The van der Waals surface area contributed by atoms with Gasteiger partial charge in [-0.25, -0.2) is 4.68 Å². The van der Waals surface area contributed by atoms with Crippen LogP contribution in [0.1, 0.15) is 18.0 Å². The third kappa shape index (κ3) is 3.82. The lowest BCUT2D eigenvalue weighted by Crippen LogP contribution is -2.53. The second-order valence-corrected chi connectivity index (χ2v) is 6.81. The first-order chi connectivity index (χ1) is 13.2. The maximum atomic E-state index is 12.4. The van der Waals surface area contributed by atoms with E-state index in [9.17, 15) is 9.59 Å². The molecule has 3 aromatic rings. The molecule has 0 saturated carbocycles. The smallest absolute Gasteiger partial charge is 0.267 e. The van der Waals surface area contributed by atoms with Crippen LogP contribution in [-0.2, 0) is 11.2 Å². The van der Waals surface area contributed by atoms with Gasteiger partial charge >= 0.3 is 0 Å². The van der Waals surface area contributed by atoms with Crippen LogP contribution in [0, 0.1) is 0 Å². The minimum absolute atomic E-state index is 0.0539. The summed E-state index contributed by atoms with van der Waals surface area (Å²) in [5, 5.41) is 4.52. The molecule has 1 fully saturated rings. The van der Waals surface area contributed by atoms with Crippen molar-refractivity contribution < 1.29 is 4.79 Å². The van der Waals surface area contributed by atoms with Gasteiger partial charge in [-0.05, 0) is 18.1 Å². The van der Waals surface area contributed by atoms with Crippen molar-refractivity contribution in [3.8, 4) is 11.3 Å². The van der Waals surface area contributed by atoms with Crippen molar-refractivity contribution >= 4 is 5.91 Å². The molecule has 1 aliphatic heterocycles. The van der Waals surface area contributed by atoms with Crippen molar-refractivity contribution in [2.24, 2.45) is 0 Å². The lowest BCUT2D eigenvalue weighted by atomic mass is 10.1. The van der Waals surface area contributed by atoms with Gasteiger partial charge in [0.15, 0.2) is 0 Å². The Kier molecular flexibility index (Phi) is 4.83. The van der Waals surface area contributed by atoms with Crippen molar-refractivity contribution in [1.29, 1.82) is 0 Å². The molecule has 1 amide bonds. The number of carbonyl (C=O) groups is 1. The summed E-state index contributed by atoms with van der Waals surface area (Å²) in [4.78, 5) is 26.4. The Morgan fingerprint density at radius 2 is 1.59 bits per heavy atom. The first-order valence-electron chi connectivity index (χ1n) is 9.18. The summed E-state index contributed by atoms with van der Waals surface area (Å²) in [5.41, 5.74) is 2.78. The summed E-state index contributed by atoms with van der Waals surface area (Å²) in [6, 6.07) is 23.0. The van der Waals surface area contributed by atoms with E-state index >= 15 is 0 Å². The van der Waals surface area contributed by atoms with Crippen molar-refractivity contribution in [3.63, 3.8) is 0 Å². The highest BCUT2D eigenvalue weighted by Crippen LogP contribution is 2.22. The summed E-state index contributed by atoms with van der Waals surface area (Å²) < 4.78 is 1.52. The number of hydrogen-bond donors (Lipinski definition) is 0. The monoisotopic (exact) mass is 359 g/mol. The van der Waals surface area contributed by atoms with Gasteiger partial charge in [0.05, 0.1) is 11.7 Å². The Balaban J connectivity index is 1.39.